The summed E-state index contributed by atoms with van der Waals surface area (Å²) in [6.07, 6.45) is 1.25. The molecule has 2 aromatic rings. The molecule has 1 aliphatic rings. The molecule has 158 valence electrons. The van der Waals surface area contributed by atoms with E-state index in [0.29, 0.717) is 25.2 Å². The zero-order valence-corrected chi connectivity index (χ0v) is 18.7. The number of nitrogens with one attached hydrogen (secondary N) is 2. The van der Waals surface area contributed by atoms with Gasteiger partial charge in [0.05, 0.1) is 5.69 Å². The summed E-state index contributed by atoms with van der Waals surface area (Å²) >= 11 is 3.46. The highest BCUT2D eigenvalue weighted by molar-refractivity contribution is 9.10. The minimum atomic E-state index is -0.689. The summed E-state index contributed by atoms with van der Waals surface area (Å²) in [5.74, 6) is -1.24. The number of rotatable bonds is 7. The van der Waals surface area contributed by atoms with E-state index in [-0.39, 0.29) is 23.6 Å². The summed E-state index contributed by atoms with van der Waals surface area (Å²) in [4.78, 5) is 39.1. The van der Waals surface area contributed by atoms with Gasteiger partial charge >= 0.3 is 0 Å². The van der Waals surface area contributed by atoms with E-state index in [1.165, 1.54) is 0 Å². The molecule has 0 saturated carbocycles. The largest absolute Gasteiger partial charge is 0.351 e. The Morgan fingerprint density at radius 1 is 1.20 bits per heavy atom. The van der Waals surface area contributed by atoms with Crippen LogP contribution < -0.4 is 15.5 Å². The Balaban J connectivity index is 1.58. The van der Waals surface area contributed by atoms with Crippen molar-refractivity contribution >= 4 is 45.0 Å². The van der Waals surface area contributed by atoms with Gasteiger partial charge in [0.2, 0.25) is 17.7 Å². The molecule has 0 aliphatic carbocycles. The summed E-state index contributed by atoms with van der Waals surface area (Å²) < 4.78 is 0.829. The van der Waals surface area contributed by atoms with Crippen LogP contribution >= 0.6 is 15.9 Å². The summed E-state index contributed by atoms with van der Waals surface area (Å²) in [5.41, 5.74) is 2.34. The minimum absolute atomic E-state index is 0.0256. The number of nitrogens with zero attached hydrogens (tertiary/aromatic N) is 1. The molecule has 0 radical (unpaired) electrons. The molecule has 0 spiro atoms. The maximum absolute atomic E-state index is 12.8. The van der Waals surface area contributed by atoms with Crippen molar-refractivity contribution in [3.05, 3.63) is 58.6 Å². The number of amides is 3. The monoisotopic (exact) mass is 471 g/mol. The highest BCUT2D eigenvalue weighted by atomic mass is 79.9. The fraction of sp³-hybridized carbons (Fsp3) is 0.348. The minimum Gasteiger partial charge on any atom is -0.351 e. The molecule has 1 heterocycles. The molecule has 2 N–H and O–H groups in total. The van der Waals surface area contributed by atoms with Crippen molar-refractivity contribution < 1.29 is 14.4 Å². The molecule has 0 bridgehead atoms. The lowest BCUT2D eigenvalue weighted by Crippen LogP contribution is -2.36. The van der Waals surface area contributed by atoms with Crippen LogP contribution in [0.5, 0.6) is 0 Å². The zero-order chi connectivity index (χ0) is 21.7. The van der Waals surface area contributed by atoms with E-state index in [0.717, 1.165) is 22.1 Å². The summed E-state index contributed by atoms with van der Waals surface area (Å²) in [5, 5.41) is 5.76. The Morgan fingerprint density at radius 3 is 2.70 bits per heavy atom. The molecule has 3 rings (SSSR count). The molecule has 2 unspecified atom stereocenters. The molecule has 2 atom stereocenters. The first-order chi connectivity index (χ1) is 14.4. The van der Waals surface area contributed by atoms with Gasteiger partial charge in [0, 0.05) is 29.2 Å². The average Bonchev–Trinajstić information content (AvgIpc) is 3.13. The van der Waals surface area contributed by atoms with Gasteiger partial charge in [0.25, 0.3) is 0 Å². The molecule has 7 heteroatoms. The van der Waals surface area contributed by atoms with Gasteiger partial charge in [-0.15, -0.1) is 0 Å². The fourth-order valence-electron chi connectivity index (χ4n) is 3.36. The predicted molar refractivity (Wildman–Crippen MR) is 121 cm³/mol. The van der Waals surface area contributed by atoms with Gasteiger partial charge in [-0.25, -0.2) is 0 Å². The van der Waals surface area contributed by atoms with Crippen LogP contribution in [-0.2, 0) is 20.9 Å². The quantitative estimate of drug-likeness (QED) is 0.596. The second-order valence-electron chi connectivity index (χ2n) is 7.50. The van der Waals surface area contributed by atoms with Crippen LogP contribution in [0.3, 0.4) is 0 Å². The maximum atomic E-state index is 12.8. The Labute approximate surface area is 185 Å². The lowest BCUT2D eigenvalue weighted by atomic mass is 10.1. The number of carbonyl (C=O) groups is 3. The third-order valence-electron chi connectivity index (χ3n) is 5.39. The van der Waals surface area contributed by atoms with Crippen molar-refractivity contribution in [2.24, 2.45) is 11.8 Å². The number of halogens is 1. The van der Waals surface area contributed by atoms with E-state index < -0.39 is 5.92 Å². The van der Waals surface area contributed by atoms with Crippen molar-refractivity contribution in [3.8, 4) is 0 Å². The van der Waals surface area contributed by atoms with Gasteiger partial charge in [-0.3, -0.25) is 14.4 Å². The topological polar surface area (TPSA) is 78.5 Å². The zero-order valence-electron chi connectivity index (χ0n) is 17.2. The van der Waals surface area contributed by atoms with Crippen LogP contribution in [-0.4, -0.2) is 24.3 Å². The van der Waals surface area contributed by atoms with Crippen molar-refractivity contribution in [1.29, 1.82) is 0 Å². The van der Waals surface area contributed by atoms with Crippen LogP contribution in [0.2, 0.25) is 0 Å². The van der Waals surface area contributed by atoms with E-state index in [4.69, 9.17) is 0 Å². The lowest BCUT2D eigenvalue weighted by Gasteiger charge is -2.18. The first-order valence-corrected chi connectivity index (χ1v) is 10.9. The van der Waals surface area contributed by atoms with Crippen molar-refractivity contribution in [2.45, 2.75) is 33.2 Å². The normalized spacial score (nSPS) is 17.0. The molecule has 1 fully saturated rings. The Hall–Kier alpha value is -2.67. The molecule has 1 aliphatic heterocycles. The number of carbonyl (C=O) groups excluding carboxylic acids is 3. The Bertz CT molecular complexity index is 947. The molecule has 3 amide bonds. The SMILES string of the molecule is CCC(C)C(=O)Nc1cccc(CNC(=O)C2CCN(c3ccccc3Br)C2=O)c1. The van der Waals surface area contributed by atoms with Gasteiger partial charge in [-0.2, -0.15) is 0 Å². The Morgan fingerprint density at radius 2 is 1.97 bits per heavy atom. The van der Waals surface area contributed by atoms with Gasteiger partial charge in [0.15, 0.2) is 0 Å². The van der Waals surface area contributed by atoms with Crippen LogP contribution in [0.1, 0.15) is 32.3 Å². The lowest BCUT2D eigenvalue weighted by molar-refractivity contribution is -0.132. The third-order valence-corrected chi connectivity index (χ3v) is 6.06. The molecule has 0 aromatic heterocycles. The number of anilines is 2. The van der Waals surface area contributed by atoms with Gasteiger partial charge in [-0.1, -0.05) is 38.1 Å². The number of hydrogen-bond donors (Lipinski definition) is 2. The number of hydrogen-bond acceptors (Lipinski definition) is 3. The fourth-order valence-corrected chi connectivity index (χ4v) is 3.85. The van der Waals surface area contributed by atoms with Crippen LogP contribution in [0.15, 0.2) is 53.0 Å². The van der Waals surface area contributed by atoms with Gasteiger partial charge < -0.3 is 15.5 Å². The van der Waals surface area contributed by atoms with Crippen LogP contribution in [0.4, 0.5) is 11.4 Å². The first-order valence-electron chi connectivity index (χ1n) is 10.1. The van der Waals surface area contributed by atoms with E-state index in [1.54, 1.807) is 4.90 Å². The number of para-hydroxylation sites is 1. The van der Waals surface area contributed by atoms with Crippen LogP contribution in [0.25, 0.3) is 0 Å². The third kappa shape index (κ3) is 5.08. The van der Waals surface area contributed by atoms with E-state index in [2.05, 4.69) is 26.6 Å². The van der Waals surface area contributed by atoms with E-state index in [1.807, 2.05) is 62.4 Å². The number of benzene rings is 2. The molecular formula is C23H26BrN3O3. The van der Waals surface area contributed by atoms with Gasteiger partial charge in [-0.05, 0) is 58.6 Å². The molecule has 30 heavy (non-hydrogen) atoms. The summed E-state index contributed by atoms with van der Waals surface area (Å²) in [6.45, 7) is 4.66. The van der Waals surface area contributed by atoms with Crippen molar-refractivity contribution in [2.75, 3.05) is 16.8 Å². The summed E-state index contributed by atoms with van der Waals surface area (Å²) in [7, 11) is 0. The standard InChI is InChI=1S/C23H26BrN3O3/c1-3-15(2)21(28)26-17-8-6-7-16(13-17)14-25-22(29)18-11-12-27(23(18)30)20-10-5-4-9-19(20)24/h4-10,13,15,18H,3,11-12,14H2,1-2H3,(H,25,29)(H,26,28). The van der Waals surface area contributed by atoms with E-state index in [9.17, 15) is 14.4 Å². The Kier molecular flexibility index (Phi) is 7.26. The second kappa shape index (κ2) is 9.89. The van der Waals surface area contributed by atoms with Crippen LogP contribution in [0, 0.1) is 11.8 Å². The molecule has 6 nitrogen and oxygen atoms in total. The molecule has 1 saturated heterocycles. The highest BCUT2D eigenvalue weighted by Crippen LogP contribution is 2.31. The smallest absolute Gasteiger partial charge is 0.239 e. The maximum Gasteiger partial charge on any atom is 0.239 e. The van der Waals surface area contributed by atoms with E-state index >= 15 is 0 Å². The van der Waals surface area contributed by atoms with Gasteiger partial charge in [0.1, 0.15) is 5.92 Å². The molecule has 2 aromatic carbocycles. The average molecular weight is 472 g/mol. The second-order valence-corrected chi connectivity index (χ2v) is 8.35. The van der Waals surface area contributed by atoms with Crippen molar-refractivity contribution in [1.82, 2.24) is 5.32 Å². The molecular weight excluding hydrogens is 446 g/mol. The van der Waals surface area contributed by atoms with Crippen molar-refractivity contribution in [3.63, 3.8) is 0 Å². The first kappa shape index (κ1) is 22.0. The predicted octanol–water partition coefficient (Wildman–Crippen LogP) is 4.10. The summed E-state index contributed by atoms with van der Waals surface area (Å²) in [6, 6.07) is 14.9. The highest BCUT2D eigenvalue weighted by Gasteiger charge is 2.38.